The van der Waals surface area contributed by atoms with Crippen LogP contribution in [0.25, 0.3) is 0 Å². The Kier molecular flexibility index (Phi) is 7.12. The average Bonchev–Trinajstić information content (AvgIpc) is 2.72. The van der Waals surface area contributed by atoms with Gasteiger partial charge in [0.1, 0.15) is 5.75 Å². The van der Waals surface area contributed by atoms with Crippen molar-refractivity contribution in [1.29, 1.82) is 0 Å². The molecule has 0 radical (unpaired) electrons. The van der Waals surface area contributed by atoms with Crippen LogP contribution in [0.1, 0.15) is 16.8 Å². The van der Waals surface area contributed by atoms with Crippen molar-refractivity contribution in [2.45, 2.75) is 6.42 Å². The molecule has 2 aromatic carbocycles. The summed E-state index contributed by atoms with van der Waals surface area (Å²) in [7, 11) is 1.69. The number of methoxy groups -OCH3 is 1. The summed E-state index contributed by atoms with van der Waals surface area (Å²) in [6.07, 6.45) is 0.957. The summed E-state index contributed by atoms with van der Waals surface area (Å²) in [5.41, 5.74) is 1.93. The number of carbonyl (C=O) groups is 1. The van der Waals surface area contributed by atoms with Gasteiger partial charge in [0, 0.05) is 42.9 Å². The molecule has 0 saturated carbocycles. The summed E-state index contributed by atoms with van der Waals surface area (Å²) in [4.78, 5) is 17.1. The normalized spacial score (nSPS) is 14.8. The van der Waals surface area contributed by atoms with Crippen LogP contribution in [0.3, 0.4) is 0 Å². The predicted octanol–water partition coefficient (Wildman–Crippen LogP) is 3.40. The minimum absolute atomic E-state index is 0.0215. The Morgan fingerprint density at radius 1 is 1.07 bits per heavy atom. The number of hydrogen-bond donors (Lipinski definition) is 1. The van der Waals surface area contributed by atoms with Crippen LogP contribution in [0, 0.1) is 0 Å². The summed E-state index contributed by atoms with van der Waals surface area (Å²) in [6.45, 7) is 5.84. The molecule has 0 aliphatic carbocycles. The Hall–Kier alpha value is -2.05. The second-order valence-electron chi connectivity index (χ2n) is 6.62. The number of amides is 1. The summed E-state index contributed by atoms with van der Waals surface area (Å²) in [5, 5.41) is 3.01. The van der Waals surface area contributed by atoms with Crippen molar-refractivity contribution in [3.05, 3.63) is 58.6 Å². The minimum atomic E-state index is -0.0215. The van der Waals surface area contributed by atoms with Crippen LogP contribution in [0.4, 0.5) is 5.69 Å². The molecule has 3 rings (SSSR count). The third-order valence-corrected chi connectivity index (χ3v) is 5.56. The zero-order chi connectivity index (χ0) is 19.1. The maximum absolute atomic E-state index is 12.2. The fourth-order valence-corrected chi connectivity index (χ4v) is 3.73. The highest BCUT2D eigenvalue weighted by Gasteiger charge is 2.17. The fraction of sp³-hybridized carbons (Fsp3) is 0.381. The smallest absolute Gasteiger partial charge is 0.252 e. The Labute approximate surface area is 169 Å². The van der Waals surface area contributed by atoms with Crippen LogP contribution in [0.5, 0.6) is 5.75 Å². The van der Waals surface area contributed by atoms with Crippen molar-refractivity contribution >= 4 is 27.5 Å². The van der Waals surface area contributed by atoms with Gasteiger partial charge in [-0.15, -0.1) is 0 Å². The van der Waals surface area contributed by atoms with Gasteiger partial charge < -0.3 is 15.0 Å². The van der Waals surface area contributed by atoms with Gasteiger partial charge >= 0.3 is 0 Å². The number of hydrogen-bond acceptors (Lipinski definition) is 4. The van der Waals surface area contributed by atoms with E-state index in [9.17, 15) is 4.79 Å². The van der Waals surface area contributed by atoms with Crippen LogP contribution in [0.15, 0.2) is 53.0 Å². The van der Waals surface area contributed by atoms with E-state index in [0.717, 1.165) is 49.4 Å². The molecule has 1 aliphatic heterocycles. The largest absolute Gasteiger partial charge is 0.497 e. The molecule has 0 bridgehead atoms. The maximum Gasteiger partial charge on any atom is 0.252 e. The van der Waals surface area contributed by atoms with Gasteiger partial charge in [0.15, 0.2) is 0 Å². The number of benzene rings is 2. The molecule has 0 atom stereocenters. The first-order valence-corrected chi connectivity index (χ1v) is 10.1. The number of piperazine rings is 1. The lowest BCUT2D eigenvalue weighted by molar-refractivity contribution is 0.0950. The van der Waals surface area contributed by atoms with E-state index in [1.807, 2.05) is 36.4 Å². The highest BCUT2D eigenvalue weighted by atomic mass is 79.9. The number of halogens is 1. The van der Waals surface area contributed by atoms with Gasteiger partial charge in [0.25, 0.3) is 5.91 Å². The van der Waals surface area contributed by atoms with E-state index in [0.29, 0.717) is 12.1 Å². The van der Waals surface area contributed by atoms with Crippen LogP contribution < -0.4 is 15.0 Å². The van der Waals surface area contributed by atoms with Gasteiger partial charge in [-0.05, 0) is 65.3 Å². The molecule has 0 unspecified atom stereocenters. The van der Waals surface area contributed by atoms with Gasteiger partial charge in [-0.2, -0.15) is 0 Å². The molecule has 0 spiro atoms. The lowest BCUT2D eigenvalue weighted by Gasteiger charge is -2.36. The van der Waals surface area contributed by atoms with Crippen molar-refractivity contribution in [2.75, 3.05) is 51.3 Å². The highest BCUT2D eigenvalue weighted by molar-refractivity contribution is 9.10. The van der Waals surface area contributed by atoms with E-state index in [4.69, 9.17) is 4.74 Å². The molecular weight excluding hydrogens is 406 g/mol. The zero-order valence-electron chi connectivity index (χ0n) is 15.7. The van der Waals surface area contributed by atoms with Crippen molar-refractivity contribution in [3.63, 3.8) is 0 Å². The summed E-state index contributed by atoms with van der Waals surface area (Å²) >= 11 is 3.42. The predicted molar refractivity (Wildman–Crippen MR) is 113 cm³/mol. The molecule has 5 nitrogen and oxygen atoms in total. The Balaban J connectivity index is 1.36. The molecule has 1 N–H and O–H groups in total. The molecule has 1 aliphatic rings. The topological polar surface area (TPSA) is 44.8 Å². The van der Waals surface area contributed by atoms with Gasteiger partial charge in [-0.3, -0.25) is 9.69 Å². The zero-order valence-corrected chi connectivity index (χ0v) is 17.2. The summed E-state index contributed by atoms with van der Waals surface area (Å²) < 4.78 is 6.05. The molecule has 0 aromatic heterocycles. The Bertz CT molecular complexity index is 743. The quantitative estimate of drug-likeness (QED) is 0.682. The molecule has 1 heterocycles. The number of nitrogens with zero attached hydrogens (tertiary/aromatic N) is 2. The monoisotopic (exact) mass is 431 g/mol. The maximum atomic E-state index is 12.2. The molecule has 144 valence electrons. The van der Waals surface area contributed by atoms with Crippen molar-refractivity contribution in [1.82, 2.24) is 10.2 Å². The van der Waals surface area contributed by atoms with E-state index in [1.54, 1.807) is 7.11 Å². The second kappa shape index (κ2) is 9.76. The first-order valence-electron chi connectivity index (χ1n) is 9.31. The van der Waals surface area contributed by atoms with Crippen LogP contribution in [-0.4, -0.2) is 57.2 Å². The number of anilines is 1. The average molecular weight is 432 g/mol. The van der Waals surface area contributed by atoms with Gasteiger partial charge in [0.2, 0.25) is 0 Å². The van der Waals surface area contributed by atoms with Gasteiger partial charge in [0.05, 0.1) is 12.7 Å². The summed E-state index contributed by atoms with van der Waals surface area (Å²) in [5.74, 6) is 0.869. The second-order valence-corrected chi connectivity index (χ2v) is 7.47. The van der Waals surface area contributed by atoms with E-state index in [-0.39, 0.29) is 5.91 Å². The van der Waals surface area contributed by atoms with E-state index in [2.05, 4.69) is 43.2 Å². The molecule has 1 amide bonds. The van der Waals surface area contributed by atoms with E-state index < -0.39 is 0 Å². The fourth-order valence-electron chi connectivity index (χ4n) is 3.27. The van der Waals surface area contributed by atoms with Gasteiger partial charge in [-0.1, -0.05) is 12.1 Å². The van der Waals surface area contributed by atoms with Crippen LogP contribution in [0.2, 0.25) is 0 Å². The first kappa shape index (κ1) is 19.7. The van der Waals surface area contributed by atoms with E-state index in [1.165, 1.54) is 5.69 Å². The SMILES string of the molecule is COc1ccc(N2CCN(CCCNC(=O)c3ccccc3Br)CC2)cc1. The highest BCUT2D eigenvalue weighted by Crippen LogP contribution is 2.20. The van der Waals surface area contributed by atoms with E-state index >= 15 is 0 Å². The molecule has 6 heteroatoms. The van der Waals surface area contributed by atoms with Crippen molar-refractivity contribution in [2.24, 2.45) is 0 Å². The Morgan fingerprint density at radius 3 is 2.44 bits per heavy atom. The molecule has 1 saturated heterocycles. The first-order chi connectivity index (χ1) is 13.2. The summed E-state index contributed by atoms with van der Waals surface area (Å²) in [6, 6.07) is 15.8. The number of nitrogens with one attached hydrogen (secondary N) is 1. The molecule has 27 heavy (non-hydrogen) atoms. The van der Waals surface area contributed by atoms with Gasteiger partial charge in [-0.25, -0.2) is 0 Å². The molecule has 1 fully saturated rings. The standard InChI is InChI=1S/C21H26BrN3O2/c1-27-18-9-7-17(8-10-18)25-15-13-24(14-16-25)12-4-11-23-21(26)19-5-2-3-6-20(19)22/h2-3,5-10H,4,11-16H2,1H3,(H,23,26). The lowest BCUT2D eigenvalue weighted by atomic mass is 10.2. The van der Waals surface area contributed by atoms with Crippen molar-refractivity contribution < 1.29 is 9.53 Å². The number of carbonyl (C=O) groups excluding carboxylic acids is 1. The molecular formula is C21H26BrN3O2. The van der Waals surface area contributed by atoms with Crippen LogP contribution in [-0.2, 0) is 0 Å². The number of ether oxygens (including phenoxy) is 1. The number of rotatable bonds is 7. The third-order valence-electron chi connectivity index (χ3n) is 4.87. The third kappa shape index (κ3) is 5.47. The lowest BCUT2D eigenvalue weighted by Crippen LogP contribution is -2.47. The minimum Gasteiger partial charge on any atom is -0.497 e. The Morgan fingerprint density at radius 2 is 1.78 bits per heavy atom. The van der Waals surface area contributed by atoms with Crippen molar-refractivity contribution in [3.8, 4) is 5.75 Å². The van der Waals surface area contributed by atoms with Crippen LogP contribution >= 0.6 is 15.9 Å². The molecule has 2 aromatic rings.